The third-order valence-electron chi connectivity index (χ3n) is 4.83. The fourth-order valence-electron chi connectivity index (χ4n) is 3.13. The summed E-state index contributed by atoms with van der Waals surface area (Å²) >= 11 is 0. The minimum Gasteiger partial charge on any atom is -0.279 e. The SMILES string of the molecule is Cc1ccc(C=NNC(=O)c2cccc(S(=O)(=O)Nc3ccc(C)cc3C)c2)c(C)c1. The van der Waals surface area contributed by atoms with E-state index in [9.17, 15) is 13.2 Å². The van der Waals surface area contributed by atoms with Gasteiger partial charge in [0.1, 0.15) is 0 Å². The number of aryl methyl sites for hydroxylation is 4. The van der Waals surface area contributed by atoms with Crippen molar-refractivity contribution in [2.75, 3.05) is 4.72 Å². The molecule has 0 aliphatic rings. The van der Waals surface area contributed by atoms with Crippen LogP contribution in [-0.4, -0.2) is 20.5 Å². The minimum atomic E-state index is -3.85. The third kappa shape index (κ3) is 5.58. The van der Waals surface area contributed by atoms with Gasteiger partial charge in [0.2, 0.25) is 0 Å². The van der Waals surface area contributed by atoms with Gasteiger partial charge < -0.3 is 0 Å². The molecule has 3 aromatic carbocycles. The lowest BCUT2D eigenvalue weighted by atomic mass is 10.1. The third-order valence-corrected chi connectivity index (χ3v) is 6.19. The molecule has 1 amide bonds. The van der Waals surface area contributed by atoms with E-state index in [1.165, 1.54) is 24.3 Å². The predicted octanol–water partition coefficient (Wildman–Crippen LogP) is 4.48. The summed E-state index contributed by atoms with van der Waals surface area (Å²) in [7, 11) is -3.85. The van der Waals surface area contributed by atoms with E-state index in [0.717, 1.165) is 27.8 Å². The van der Waals surface area contributed by atoms with Crippen LogP contribution in [0.25, 0.3) is 0 Å². The van der Waals surface area contributed by atoms with E-state index in [1.54, 1.807) is 12.3 Å². The Kier molecular flexibility index (Phi) is 6.56. The molecular weight excluding hydrogens is 410 g/mol. The monoisotopic (exact) mass is 435 g/mol. The minimum absolute atomic E-state index is 0.00140. The Balaban J connectivity index is 1.75. The number of sulfonamides is 1. The quantitative estimate of drug-likeness (QED) is 0.442. The van der Waals surface area contributed by atoms with Crippen LogP contribution in [0, 0.1) is 27.7 Å². The first-order chi connectivity index (χ1) is 14.7. The van der Waals surface area contributed by atoms with Crippen LogP contribution in [0.2, 0.25) is 0 Å². The standard InChI is InChI=1S/C24H25N3O3S/c1-16-8-10-21(18(3)12-16)15-25-26-24(28)20-6-5-7-22(14-20)31(29,30)27-23-11-9-17(2)13-19(23)4/h5-15,27H,1-4H3,(H,26,28). The molecule has 0 atom stereocenters. The molecule has 6 nitrogen and oxygen atoms in total. The molecule has 160 valence electrons. The van der Waals surface area contributed by atoms with Crippen molar-refractivity contribution < 1.29 is 13.2 Å². The number of nitrogens with one attached hydrogen (secondary N) is 2. The maximum absolute atomic E-state index is 12.8. The summed E-state index contributed by atoms with van der Waals surface area (Å²) in [6, 6.07) is 17.2. The number of benzene rings is 3. The van der Waals surface area contributed by atoms with Gasteiger partial charge in [-0.25, -0.2) is 13.8 Å². The summed E-state index contributed by atoms with van der Waals surface area (Å²) in [6.07, 6.45) is 1.56. The molecule has 0 fully saturated rings. The van der Waals surface area contributed by atoms with Crippen molar-refractivity contribution in [3.63, 3.8) is 0 Å². The summed E-state index contributed by atoms with van der Waals surface area (Å²) in [5.41, 5.74) is 8.08. The van der Waals surface area contributed by atoms with Gasteiger partial charge in [0.25, 0.3) is 15.9 Å². The van der Waals surface area contributed by atoms with Gasteiger partial charge >= 0.3 is 0 Å². The van der Waals surface area contributed by atoms with E-state index in [4.69, 9.17) is 0 Å². The fourth-order valence-corrected chi connectivity index (χ4v) is 4.31. The van der Waals surface area contributed by atoms with E-state index in [2.05, 4.69) is 15.2 Å². The van der Waals surface area contributed by atoms with E-state index in [1.807, 2.05) is 58.0 Å². The number of hydrazone groups is 1. The number of carbonyl (C=O) groups is 1. The van der Waals surface area contributed by atoms with Gasteiger partial charge in [-0.05, 0) is 68.7 Å². The van der Waals surface area contributed by atoms with Gasteiger partial charge in [-0.15, -0.1) is 0 Å². The van der Waals surface area contributed by atoms with Crippen LogP contribution in [-0.2, 0) is 10.0 Å². The summed E-state index contributed by atoms with van der Waals surface area (Å²) in [6.45, 7) is 7.75. The Labute approximate surface area is 183 Å². The molecule has 0 saturated heterocycles. The largest absolute Gasteiger partial charge is 0.279 e. The summed E-state index contributed by atoms with van der Waals surface area (Å²) < 4.78 is 28.2. The molecule has 0 bridgehead atoms. The van der Waals surface area contributed by atoms with Crippen LogP contribution in [0.1, 0.15) is 38.2 Å². The second-order valence-electron chi connectivity index (χ2n) is 7.51. The molecule has 0 aliphatic carbocycles. The van der Waals surface area contributed by atoms with Gasteiger partial charge in [0.15, 0.2) is 0 Å². The molecule has 0 radical (unpaired) electrons. The fraction of sp³-hybridized carbons (Fsp3) is 0.167. The molecule has 3 rings (SSSR count). The lowest BCUT2D eigenvalue weighted by Crippen LogP contribution is -2.19. The van der Waals surface area contributed by atoms with Crippen LogP contribution in [0.3, 0.4) is 0 Å². The molecule has 2 N–H and O–H groups in total. The average Bonchev–Trinajstić information content (AvgIpc) is 2.72. The van der Waals surface area contributed by atoms with Crippen molar-refractivity contribution in [2.45, 2.75) is 32.6 Å². The lowest BCUT2D eigenvalue weighted by molar-refractivity contribution is 0.0955. The molecule has 0 aromatic heterocycles. The van der Waals surface area contributed by atoms with Gasteiger partial charge in [-0.3, -0.25) is 9.52 Å². The van der Waals surface area contributed by atoms with Crippen LogP contribution < -0.4 is 10.1 Å². The molecule has 0 aliphatic heterocycles. The van der Waals surface area contributed by atoms with Crippen molar-refractivity contribution in [1.29, 1.82) is 0 Å². The number of rotatable bonds is 6. The van der Waals surface area contributed by atoms with Gasteiger partial charge in [0, 0.05) is 5.56 Å². The Morgan fingerprint density at radius 1 is 0.871 bits per heavy atom. The molecule has 0 spiro atoms. The predicted molar refractivity (Wildman–Crippen MR) is 124 cm³/mol. The van der Waals surface area contributed by atoms with Gasteiger partial charge in [0.05, 0.1) is 16.8 Å². The second kappa shape index (κ2) is 9.14. The number of amides is 1. The Bertz CT molecular complexity index is 1260. The highest BCUT2D eigenvalue weighted by Gasteiger charge is 2.17. The lowest BCUT2D eigenvalue weighted by Gasteiger charge is -2.12. The smallest absolute Gasteiger partial charge is 0.271 e. The molecule has 0 saturated carbocycles. The van der Waals surface area contributed by atoms with Crippen molar-refractivity contribution in [3.05, 3.63) is 94.0 Å². The first kappa shape index (κ1) is 22.2. The molecule has 31 heavy (non-hydrogen) atoms. The molecule has 7 heteroatoms. The first-order valence-corrected chi connectivity index (χ1v) is 11.2. The highest BCUT2D eigenvalue weighted by atomic mass is 32.2. The highest BCUT2D eigenvalue weighted by Crippen LogP contribution is 2.21. The maximum Gasteiger partial charge on any atom is 0.271 e. The zero-order valence-electron chi connectivity index (χ0n) is 17.9. The van der Waals surface area contributed by atoms with E-state index in [-0.39, 0.29) is 10.5 Å². The van der Waals surface area contributed by atoms with Crippen molar-refractivity contribution in [3.8, 4) is 0 Å². The number of hydrogen-bond donors (Lipinski definition) is 2. The van der Waals surface area contributed by atoms with Gasteiger partial charge in [-0.1, -0.05) is 47.5 Å². The normalized spacial score (nSPS) is 11.5. The number of hydrogen-bond acceptors (Lipinski definition) is 4. The van der Waals surface area contributed by atoms with Crippen molar-refractivity contribution >= 4 is 27.8 Å². The number of nitrogens with zero attached hydrogens (tertiary/aromatic N) is 1. The summed E-state index contributed by atoms with van der Waals surface area (Å²) in [5.74, 6) is -0.496. The van der Waals surface area contributed by atoms with E-state index < -0.39 is 15.9 Å². The Morgan fingerprint density at radius 3 is 2.23 bits per heavy atom. The van der Waals surface area contributed by atoms with Crippen molar-refractivity contribution in [1.82, 2.24) is 5.43 Å². The molecule has 0 heterocycles. The highest BCUT2D eigenvalue weighted by molar-refractivity contribution is 7.92. The topological polar surface area (TPSA) is 87.6 Å². The maximum atomic E-state index is 12.8. The summed E-state index contributed by atoms with van der Waals surface area (Å²) in [5, 5.41) is 4.00. The number of carbonyl (C=O) groups excluding carboxylic acids is 1. The Morgan fingerprint density at radius 2 is 1.55 bits per heavy atom. The van der Waals surface area contributed by atoms with Crippen LogP contribution in [0.5, 0.6) is 0 Å². The zero-order chi connectivity index (χ0) is 22.6. The Hall–Kier alpha value is -3.45. The van der Waals surface area contributed by atoms with Crippen LogP contribution in [0.15, 0.2) is 70.7 Å². The van der Waals surface area contributed by atoms with Crippen molar-refractivity contribution in [2.24, 2.45) is 5.10 Å². The van der Waals surface area contributed by atoms with Crippen LogP contribution in [0.4, 0.5) is 5.69 Å². The average molecular weight is 436 g/mol. The molecular formula is C24H25N3O3S. The van der Waals surface area contributed by atoms with Crippen LogP contribution >= 0.6 is 0 Å². The first-order valence-electron chi connectivity index (χ1n) is 9.76. The zero-order valence-corrected chi connectivity index (χ0v) is 18.7. The molecule has 3 aromatic rings. The van der Waals surface area contributed by atoms with E-state index in [0.29, 0.717) is 5.69 Å². The van der Waals surface area contributed by atoms with Gasteiger partial charge in [-0.2, -0.15) is 5.10 Å². The second-order valence-corrected chi connectivity index (χ2v) is 9.19. The number of anilines is 1. The van der Waals surface area contributed by atoms with E-state index >= 15 is 0 Å². The summed E-state index contributed by atoms with van der Waals surface area (Å²) in [4.78, 5) is 12.5. The molecule has 0 unspecified atom stereocenters.